The number of aromatic nitrogens is 2. The molecular formula is C29H32FN5O3. The number of nitrogens with zero attached hydrogens (tertiary/aromatic N) is 4. The summed E-state index contributed by atoms with van der Waals surface area (Å²) in [7, 11) is 5.70. The van der Waals surface area contributed by atoms with E-state index in [1.165, 1.54) is 18.5 Å². The van der Waals surface area contributed by atoms with Crippen molar-refractivity contribution in [2.45, 2.75) is 20.0 Å². The number of hydrogen-bond donors (Lipinski definition) is 1. The van der Waals surface area contributed by atoms with Crippen molar-refractivity contribution in [3.8, 4) is 11.5 Å². The molecule has 1 N–H and O–H groups in total. The van der Waals surface area contributed by atoms with Crippen molar-refractivity contribution in [2.24, 2.45) is 5.16 Å². The predicted molar refractivity (Wildman–Crippen MR) is 148 cm³/mol. The summed E-state index contributed by atoms with van der Waals surface area (Å²) in [4.78, 5) is 16.4. The molecule has 0 atom stereocenters. The minimum Gasteiger partial charge on any atom is -0.493 e. The zero-order valence-corrected chi connectivity index (χ0v) is 22.1. The highest BCUT2D eigenvalue weighted by atomic mass is 19.1. The monoisotopic (exact) mass is 517 g/mol. The molecule has 0 fully saturated rings. The molecule has 0 unspecified atom stereocenters. The molecule has 4 rings (SSSR count). The molecule has 0 spiro atoms. The van der Waals surface area contributed by atoms with Gasteiger partial charge in [-0.15, -0.1) is 0 Å². The molecule has 0 saturated carbocycles. The molecule has 0 bridgehead atoms. The molecule has 9 heteroatoms. The van der Waals surface area contributed by atoms with E-state index >= 15 is 0 Å². The van der Waals surface area contributed by atoms with Gasteiger partial charge in [0.15, 0.2) is 11.5 Å². The van der Waals surface area contributed by atoms with E-state index in [9.17, 15) is 4.39 Å². The van der Waals surface area contributed by atoms with Crippen LogP contribution in [0, 0.1) is 5.82 Å². The molecule has 0 aliphatic carbocycles. The summed E-state index contributed by atoms with van der Waals surface area (Å²) in [6.07, 6.45) is 2.42. The summed E-state index contributed by atoms with van der Waals surface area (Å²) in [5, 5.41) is 8.39. The largest absolute Gasteiger partial charge is 0.493 e. The lowest BCUT2D eigenvalue weighted by atomic mass is 10.1. The van der Waals surface area contributed by atoms with Gasteiger partial charge in [-0.3, -0.25) is 0 Å². The van der Waals surface area contributed by atoms with Gasteiger partial charge in [-0.1, -0.05) is 29.4 Å². The second-order valence-corrected chi connectivity index (χ2v) is 9.03. The summed E-state index contributed by atoms with van der Waals surface area (Å²) < 4.78 is 24.6. The van der Waals surface area contributed by atoms with Crippen LogP contribution >= 0.6 is 0 Å². The number of rotatable bonds is 12. The molecule has 38 heavy (non-hydrogen) atoms. The fraction of sp³-hybridized carbons (Fsp3) is 0.276. The van der Waals surface area contributed by atoms with E-state index < -0.39 is 0 Å². The fourth-order valence-corrected chi connectivity index (χ4v) is 3.77. The van der Waals surface area contributed by atoms with Gasteiger partial charge in [0.2, 0.25) is 0 Å². The second kappa shape index (κ2) is 12.8. The lowest BCUT2D eigenvalue weighted by Gasteiger charge is -2.15. The number of methoxy groups -OCH3 is 1. The van der Waals surface area contributed by atoms with Gasteiger partial charge in [0, 0.05) is 23.7 Å². The van der Waals surface area contributed by atoms with Crippen molar-refractivity contribution in [1.29, 1.82) is 0 Å². The minimum absolute atomic E-state index is 0.268. The standard InChI is InChI=1S/C29H32FN5O3/c1-20(34-38-18-21-6-10-23(30)11-7-21)22-8-12-24(13-9-22)33-29-25-16-28(37-15-5-14-35(2)3)27(36-4)17-26(25)31-19-32-29/h6-13,16-17,19H,5,14-15,18H2,1-4H3,(H,31,32,33)/b34-20-. The SMILES string of the molecule is COc1cc2ncnc(Nc3ccc(/C(C)=N\OCc4ccc(F)cc4)cc3)c2cc1OCCCN(C)C. The van der Waals surface area contributed by atoms with Crippen molar-refractivity contribution in [3.63, 3.8) is 0 Å². The van der Waals surface area contributed by atoms with Crippen molar-refractivity contribution in [3.05, 3.63) is 83.9 Å². The quantitative estimate of drug-likeness (QED) is 0.145. The van der Waals surface area contributed by atoms with Crippen LogP contribution in [0.1, 0.15) is 24.5 Å². The van der Waals surface area contributed by atoms with Gasteiger partial charge in [-0.05, 0) is 68.9 Å². The third kappa shape index (κ3) is 7.17. The predicted octanol–water partition coefficient (Wildman–Crippen LogP) is 5.79. The first-order chi connectivity index (χ1) is 18.4. The van der Waals surface area contributed by atoms with E-state index in [4.69, 9.17) is 14.3 Å². The smallest absolute Gasteiger partial charge is 0.162 e. The number of anilines is 2. The average molecular weight is 518 g/mol. The Morgan fingerprint density at radius 3 is 2.47 bits per heavy atom. The highest BCUT2D eigenvalue weighted by Crippen LogP contribution is 2.34. The van der Waals surface area contributed by atoms with Crippen LogP contribution in [0.2, 0.25) is 0 Å². The van der Waals surface area contributed by atoms with Gasteiger partial charge in [0.05, 0.1) is 24.9 Å². The Morgan fingerprint density at radius 1 is 1.00 bits per heavy atom. The maximum absolute atomic E-state index is 13.0. The Hall–Kier alpha value is -4.24. The highest BCUT2D eigenvalue weighted by molar-refractivity contribution is 5.99. The summed E-state index contributed by atoms with van der Waals surface area (Å²) in [5.74, 6) is 1.67. The van der Waals surface area contributed by atoms with Crippen molar-refractivity contribution < 1.29 is 18.7 Å². The Morgan fingerprint density at radius 2 is 1.76 bits per heavy atom. The lowest BCUT2D eigenvalue weighted by Crippen LogP contribution is -2.15. The Kier molecular flexibility index (Phi) is 9.05. The third-order valence-corrected chi connectivity index (χ3v) is 5.84. The number of fused-ring (bicyclic) bond motifs is 1. The van der Waals surface area contributed by atoms with E-state index in [1.54, 1.807) is 19.2 Å². The zero-order chi connectivity index (χ0) is 26.9. The summed E-state index contributed by atoms with van der Waals surface area (Å²) >= 11 is 0. The van der Waals surface area contributed by atoms with Crippen LogP contribution in [-0.4, -0.2) is 54.9 Å². The van der Waals surface area contributed by atoms with Gasteiger partial charge in [0.1, 0.15) is 24.6 Å². The van der Waals surface area contributed by atoms with Crippen molar-refractivity contribution >= 4 is 28.1 Å². The molecule has 0 radical (unpaired) electrons. The summed E-state index contributed by atoms with van der Waals surface area (Å²) in [6, 6.07) is 17.7. The maximum Gasteiger partial charge on any atom is 0.162 e. The molecule has 3 aromatic carbocycles. The molecule has 0 saturated heterocycles. The Bertz CT molecular complexity index is 1380. The third-order valence-electron chi connectivity index (χ3n) is 5.84. The van der Waals surface area contributed by atoms with Crippen LogP contribution in [0.4, 0.5) is 15.9 Å². The first-order valence-corrected chi connectivity index (χ1v) is 12.3. The van der Waals surface area contributed by atoms with Crippen LogP contribution in [-0.2, 0) is 11.4 Å². The number of nitrogens with one attached hydrogen (secondary N) is 1. The topological polar surface area (TPSA) is 81.1 Å². The van der Waals surface area contributed by atoms with Crippen molar-refractivity contribution in [2.75, 3.05) is 39.7 Å². The molecule has 198 valence electrons. The minimum atomic E-state index is -0.277. The fourth-order valence-electron chi connectivity index (χ4n) is 3.77. The molecule has 1 aromatic heterocycles. The molecule has 1 heterocycles. The van der Waals surface area contributed by atoms with Crippen molar-refractivity contribution in [1.82, 2.24) is 14.9 Å². The van der Waals surface area contributed by atoms with Gasteiger partial charge in [0.25, 0.3) is 0 Å². The molecule has 8 nitrogen and oxygen atoms in total. The normalized spacial score (nSPS) is 11.6. The number of ether oxygens (including phenoxy) is 2. The van der Waals surface area contributed by atoms with Gasteiger partial charge < -0.3 is 24.5 Å². The van der Waals surface area contributed by atoms with E-state index in [-0.39, 0.29) is 12.4 Å². The molecule has 0 aliphatic heterocycles. The first kappa shape index (κ1) is 26.8. The number of hydrogen-bond acceptors (Lipinski definition) is 8. The number of benzene rings is 3. The van der Waals surface area contributed by atoms with E-state index in [2.05, 4.69) is 25.3 Å². The Balaban J connectivity index is 1.45. The number of halogens is 1. The van der Waals surface area contributed by atoms with Crippen LogP contribution < -0.4 is 14.8 Å². The number of oxime groups is 1. The summed E-state index contributed by atoms with van der Waals surface area (Å²) in [5.41, 5.74) is 4.10. The van der Waals surface area contributed by atoms with Crippen LogP contribution in [0.3, 0.4) is 0 Å². The molecule has 0 amide bonds. The van der Waals surface area contributed by atoms with Gasteiger partial charge in [-0.2, -0.15) is 0 Å². The molecular weight excluding hydrogens is 485 g/mol. The second-order valence-electron chi connectivity index (χ2n) is 9.03. The zero-order valence-electron chi connectivity index (χ0n) is 22.1. The van der Waals surface area contributed by atoms with E-state index in [1.807, 2.05) is 57.4 Å². The van der Waals surface area contributed by atoms with E-state index in [0.717, 1.165) is 46.4 Å². The molecule has 0 aliphatic rings. The van der Waals surface area contributed by atoms with E-state index in [0.29, 0.717) is 23.9 Å². The first-order valence-electron chi connectivity index (χ1n) is 12.3. The lowest BCUT2D eigenvalue weighted by molar-refractivity contribution is 0.130. The van der Waals surface area contributed by atoms with Crippen LogP contribution in [0.25, 0.3) is 10.9 Å². The molecule has 4 aromatic rings. The maximum atomic E-state index is 13.0. The van der Waals surface area contributed by atoms with Crippen LogP contribution in [0.15, 0.2) is 72.1 Å². The average Bonchev–Trinajstić information content (AvgIpc) is 2.92. The van der Waals surface area contributed by atoms with Gasteiger partial charge >= 0.3 is 0 Å². The highest BCUT2D eigenvalue weighted by Gasteiger charge is 2.12. The van der Waals surface area contributed by atoms with Gasteiger partial charge in [-0.25, -0.2) is 14.4 Å². The van der Waals surface area contributed by atoms with Crippen LogP contribution in [0.5, 0.6) is 11.5 Å². The summed E-state index contributed by atoms with van der Waals surface area (Å²) in [6.45, 7) is 3.65. The Labute approximate surface area is 222 Å².